The number of rotatable bonds is 8. The summed E-state index contributed by atoms with van der Waals surface area (Å²) in [6, 6.07) is 15.6. The van der Waals surface area contributed by atoms with E-state index in [0.29, 0.717) is 26.4 Å². The van der Waals surface area contributed by atoms with Crippen LogP contribution in [-0.4, -0.2) is 27.4 Å². The van der Waals surface area contributed by atoms with Crippen LogP contribution in [0.5, 0.6) is 11.5 Å². The van der Waals surface area contributed by atoms with Gasteiger partial charge in [-0.2, -0.15) is 0 Å². The summed E-state index contributed by atoms with van der Waals surface area (Å²) >= 11 is 0. The summed E-state index contributed by atoms with van der Waals surface area (Å²) in [6.07, 6.45) is 0. The maximum atomic E-state index is 5.50. The minimum atomic E-state index is 0.387. The molecule has 2 aromatic rings. The molecule has 0 fully saturated rings. The molecule has 0 bridgehead atoms. The van der Waals surface area contributed by atoms with Crippen molar-refractivity contribution >= 4 is 0 Å². The van der Waals surface area contributed by atoms with Crippen LogP contribution in [-0.2, 0) is 22.7 Å². The second-order valence-corrected chi connectivity index (χ2v) is 5.04. The average molecular weight is 326 g/mol. The van der Waals surface area contributed by atoms with Gasteiger partial charge in [-0.05, 0) is 35.4 Å². The number of methoxy groups -OCH3 is 2. The van der Waals surface area contributed by atoms with Gasteiger partial charge in [0.25, 0.3) is 0 Å². The fraction of sp³-hybridized carbons (Fsp3) is 0.300. The third-order valence-corrected chi connectivity index (χ3v) is 3.33. The van der Waals surface area contributed by atoms with Gasteiger partial charge in [0.15, 0.2) is 0 Å². The summed E-state index contributed by atoms with van der Waals surface area (Å²) in [6.45, 7) is 1.84. The van der Waals surface area contributed by atoms with Crippen LogP contribution in [0.2, 0.25) is 0 Å². The smallest absolute Gasteiger partial charge is 0.118 e. The lowest BCUT2D eigenvalue weighted by atomic mass is 10.2. The Morgan fingerprint density at radius 1 is 0.625 bits per heavy atom. The molecule has 0 aliphatic carbocycles. The van der Waals surface area contributed by atoms with Crippen LogP contribution in [0.3, 0.4) is 0 Å². The molecule has 0 N–H and O–H groups in total. The molecule has 0 amide bonds. The van der Waals surface area contributed by atoms with Crippen LogP contribution in [0.4, 0.5) is 0 Å². The summed E-state index contributed by atoms with van der Waals surface area (Å²) in [4.78, 5) is 0. The lowest BCUT2D eigenvalue weighted by Gasteiger charge is -2.03. The molecule has 0 atom stereocenters. The van der Waals surface area contributed by atoms with E-state index >= 15 is 0 Å². The van der Waals surface area contributed by atoms with Crippen molar-refractivity contribution in [2.75, 3.05) is 27.4 Å². The van der Waals surface area contributed by atoms with E-state index in [2.05, 4.69) is 11.8 Å². The first-order valence-electron chi connectivity index (χ1n) is 7.69. The van der Waals surface area contributed by atoms with Crippen LogP contribution in [0.25, 0.3) is 0 Å². The molecule has 0 aliphatic heterocycles. The van der Waals surface area contributed by atoms with Crippen LogP contribution < -0.4 is 9.47 Å². The Bertz CT molecular complexity index is 593. The Balaban J connectivity index is 1.58. The Morgan fingerprint density at radius 2 is 1.00 bits per heavy atom. The highest BCUT2D eigenvalue weighted by atomic mass is 16.5. The van der Waals surface area contributed by atoms with E-state index in [-0.39, 0.29) is 0 Å². The lowest BCUT2D eigenvalue weighted by molar-refractivity contribution is 0.148. The van der Waals surface area contributed by atoms with Crippen molar-refractivity contribution in [2.45, 2.75) is 13.2 Å². The molecule has 24 heavy (non-hydrogen) atoms. The fourth-order valence-corrected chi connectivity index (χ4v) is 1.99. The highest BCUT2D eigenvalue weighted by Gasteiger charge is 1.95. The van der Waals surface area contributed by atoms with Crippen molar-refractivity contribution in [3.8, 4) is 23.3 Å². The fourth-order valence-electron chi connectivity index (χ4n) is 1.99. The molecule has 4 heteroatoms. The van der Waals surface area contributed by atoms with E-state index in [0.717, 1.165) is 22.6 Å². The first-order valence-corrected chi connectivity index (χ1v) is 7.69. The standard InChI is InChI=1S/C20H22O4/c1-21-19-9-5-17(6-10-19)15-23-13-3-4-14-24-16-18-7-11-20(22-2)12-8-18/h5-12H,13-16H2,1-2H3. The molecule has 0 aliphatic rings. The normalized spacial score (nSPS) is 9.92. The molecule has 126 valence electrons. The van der Waals surface area contributed by atoms with E-state index in [4.69, 9.17) is 18.9 Å². The molecule has 0 aromatic heterocycles. The molecule has 2 aromatic carbocycles. The number of hydrogen-bond acceptors (Lipinski definition) is 4. The number of ether oxygens (including phenoxy) is 4. The summed E-state index contributed by atoms with van der Waals surface area (Å²) in [5.74, 6) is 7.56. The molecular formula is C20H22O4. The molecule has 4 nitrogen and oxygen atoms in total. The first-order chi connectivity index (χ1) is 11.8. The maximum Gasteiger partial charge on any atom is 0.118 e. The van der Waals surface area contributed by atoms with Crippen molar-refractivity contribution in [3.05, 3.63) is 59.7 Å². The van der Waals surface area contributed by atoms with Crippen LogP contribution in [0, 0.1) is 11.8 Å². The zero-order valence-electron chi connectivity index (χ0n) is 14.1. The second-order valence-electron chi connectivity index (χ2n) is 5.04. The van der Waals surface area contributed by atoms with Crippen molar-refractivity contribution < 1.29 is 18.9 Å². The topological polar surface area (TPSA) is 36.9 Å². The Labute approximate surface area is 143 Å². The second kappa shape index (κ2) is 10.3. The van der Waals surface area contributed by atoms with E-state index in [1.54, 1.807) is 14.2 Å². The summed E-state index contributed by atoms with van der Waals surface area (Å²) in [5, 5.41) is 0. The van der Waals surface area contributed by atoms with Crippen LogP contribution >= 0.6 is 0 Å². The maximum absolute atomic E-state index is 5.50. The highest BCUT2D eigenvalue weighted by molar-refractivity contribution is 5.27. The van der Waals surface area contributed by atoms with Crippen molar-refractivity contribution in [2.24, 2.45) is 0 Å². The average Bonchev–Trinajstić information content (AvgIpc) is 2.65. The van der Waals surface area contributed by atoms with Gasteiger partial charge >= 0.3 is 0 Å². The number of hydrogen-bond donors (Lipinski definition) is 0. The van der Waals surface area contributed by atoms with E-state index in [9.17, 15) is 0 Å². The van der Waals surface area contributed by atoms with E-state index in [1.807, 2.05) is 48.5 Å². The van der Waals surface area contributed by atoms with Gasteiger partial charge in [-0.1, -0.05) is 36.1 Å². The molecular weight excluding hydrogens is 304 g/mol. The van der Waals surface area contributed by atoms with Gasteiger partial charge < -0.3 is 18.9 Å². The van der Waals surface area contributed by atoms with E-state index in [1.165, 1.54) is 0 Å². The molecule has 2 rings (SSSR count). The van der Waals surface area contributed by atoms with Crippen molar-refractivity contribution in [1.29, 1.82) is 0 Å². The summed E-state index contributed by atoms with van der Waals surface area (Å²) < 4.78 is 21.2. The van der Waals surface area contributed by atoms with Gasteiger partial charge in [-0.25, -0.2) is 0 Å². The zero-order valence-corrected chi connectivity index (χ0v) is 14.1. The van der Waals surface area contributed by atoms with Gasteiger partial charge in [-0.15, -0.1) is 0 Å². The van der Waals surface area contributed by atoms with Gasteiger partial charge in [0.1, 0.15) is 24.7 Å². The van der Waals surface area contributed by atoms with Crippen LogP contribution in [0.1, 0.15) is 11.1 Å². The predicted molar refractivity (Wildman–Crippen MR) is 93.1 cm³/mol. The molecule has 0 heterocycles. The highest BCUT2D eigenvalue weighted by Crippen LogP contribution is 2.12. The van der Waals surface area contributed by atoms with Gasteiger partial charge in [-0.3, -0.25) is 0 Å². The minimum absolute atomic E-state index is 0.387. The van der Waals surface area contributed by atoms with Gasteiger partial charge in [0, 0.05) is 0 Å². The van der Waals surface area contributed by atoms with E-state index < -0.39 is 0 Å². The molecule has 0 saturated carbocycles. The van der Waals surface area contributed by atoms with Crippen LogP contribution in [0.15, 0.2) is 48.5 Å². The minimum Gasteiger partial charge on any atom is -0.497 e. The Morgan fingerprint density at radius 3 is 1.33 bits per heavy atom. The molecule has 0 unspecified atom stereocenters. The Kier molecular flexibility index (Phi) is 7.69. The van der Waals surface area contributed by atoms with Crippen molar-refractivity contribution in [3.63, 3.8) is 0 Å². The Hall–Kier alpha value is -2.48. The van der Waals surface area contributed by atoms with Gasteiger partial charge in [0.2, 0.25) is 0 Å². The monoisotopic (exact) mass is 326 g/mol. The summed E-state index contributed by atoms with van der Waals surface area (Å²) in [7, 11) is 3.30. The molecule has 0 spiro atoms. The SMILES string of the molecule is COc1ccc(COCC#CCOCc2ccc(OC)cc2)cc1. The van der Waals surface area contributed by atoms with Gasteiger partial charge in [0.05, 0.1) is 27.4 Å². The number of benzene rings is 2. The third-order valence-electron chi connectivity index (χ3n) is 3.33. The quantitative estimate of drug-likeness (QED) is 0.550. The molecule has 0 radical (unpaired) electrons. The lowest BCUT2D eigenvalue weighted by Crippen LogP contribution is -1.95. The first kappa shape index (κ1) is 17.9. The largest absolute Gasteiger partial charge is 0.497 e. The zero-order chi connectivity index (χ0) is 17.0. The predicted octanol–water partition coefficient (Wildman–Crippen LogP) is 3.44. The summed E-state index contributed by atoms with van der Waals surface area (Å²) in [5.41, 5.74) is 2.18. The van der Waals surface area contributed by atoms with Crippen molar-refractivity contribution in [1.82, 2.24) is 0 Å². The molecule has 0 saturated heterocycles. The third kappa shape index (κ3) is 6.33.